The molecule has 0 bridgehead atoms. The maximum atomic E-state index is 4.87. The fraction of sp³-hybridized carbons (Fsp3) is 0.167. The molecule has 0 aliphatic heterocycles. The zero-order chi connectivity index (χ0) is 10.2. The van der Waals surface area contributed by atoms with Gasteiger partial charge in [-0.15, -0.1) is 0 Å². The third-order valence-electron chi connectivity index (χ3n) is 1.76. The number of rotatable bonds is 4. The van der Waals surface area contributed by atoms with E-state index in [1.165, 1.54) is 0 Å². The first kappa shape index (κ1) is 10.4. The molecule has 0 fully saturated rings. The molecule has 0 saturated heterocycles. The molecule has 0 aliphatic rings. The van der Waals surface area contributed by atoms with Crippen molar-refractivity contribution in [2.24, 2.45) is 0 Å². The van der Waals surface area contributed by atoms with Gasteiger partial charge in [-0.05, 0) is 23.3 Å². The van der Waals surface area contributed by atoms with Gasteiger partial charge < -0.3 is 9.47 Å². The standard InChI is InChI=1S/C12H14O2/c1-13-9-7-11-5-3-4-6-12(11)8-10-14-2/h3-10H,1-2H3. The van der Waals surface area contributed by atoms with Crippen molar-refractivity contribution in [3.63, 3.8) is 0 Å². The van der Waals surface area contributed by atoms with E-state index in [2.05, 4.69) is 0 Å². The summed E-state index contributed by atoms with van der Waals surface area (Å²) in [6, 6.07) is 8.01. The van der Waals surface area contributed by atoms with Crippen LogP contribution in [0.25, 0.3) is 12.2 Å². The molecule has 0 saturated carbocycles. The van der Waals surface area contributed by atoms with Gasteiger partial charge >= 0.3 is 0 Å². The first-order valence-electron chi connectivity index (χ1n) is 4.36. The van der Waals surface area contributed by atoms with Crippen molar-refractivity contribution in [3.8, 4) is 0 Å². The Kier molecular flexibility index (Phi) is 4.35. The molecule has 2 nitrogen and oxygen atoms in total. The number of hydrogen-bond acceptors (Lipinski definition) is 2. The molecule has 0 radical (unpaired) electrons. The fourth-order valence-corrected chi connectivity index (χ4v) is 1.10. The summed E-state index contributed by atoms with van der Waals surface area (Å²) in [7, 11) is 3.26. The maximum absolute atomic E-state index is 4.87. The molecule has 74 valence electrons. The summed E-state index contributed by atoms with van der Waals surface area (Å²) in [6.07, 6.45) is 7.13. The van der Waals surface area contributed by atoms with Crippen LogP contribution in [0.1, 0.15) is 11.1 Å². The van der Waals surface area contributed by atoms with E-state index in [0.29, 0.717) is 0 Å². The van der Waals surface area contributed by atoms with E-state index in [0.717, 1.165) is 11.1 Å². The van der Waals surface area contributed by atoms with E-state index in [1.54, 1.807) is 26.7 Å². The minimum atomic E-state index is 1.10. The normalized spacial score (nSPS) is 11.0. The number of methoxy groups -OCH3 is 2. The summed E-state index contributed by atoms with van der Waals surface area (Å²) in [5, 5.41) is 0. The third kappa shape index (κ3) is 2.98. The largest absolute Gasteiger partial charge is 0.504 e. The van der Waals surface area contributed by atoms with Gasteiger partial charge in [0.15, 0.2) is 0 Å². The van der Waals surface area contributed by atoms with Crippen LogP contribution >= 0.6 is 0 Å². The van der Waals surface area contributed by atoms with Crippen LogP contribution in [-0.2, 0) is 9.47 Å². The molecule has 1 aromatic rings. The van der Waals surface area contributed by atoms with Gasteiger partial charge in [0.1, 0.15) is 0 Å². The van der Waals surface area contributed by atoms with Crippen molar-refractivity contribution in [3.05, 3.63) is 47.9 Å². The SMILES string of the molecule is COC=Cc1ccccc1C=COC. The molecule has 2 heteroatoms. The zero-order valence-corrected chi connectivity index (χ0v) is 8.44. The third-order valence-corrected chi connectivity index (χ3v) is 1.76. The van der Waals surface area contributed by atoms with Crippen LogP contribution in [0.15, 0.2) is 36.8 Å². The van der Waals surface area contributed by atoms with Crippen molar-refractivity contribution in [1.29, 1.82) is 0 Å². The average Bonchev–Trinajstić information content (AvgIpc) is 2.24. The van der Waals surface area contributed by atoms with E-state index in [4.69, 9.17) is 9.47 Å². The molecular weight excluding hydrogens is 176 g/mol. The lowest BCUT2D eigenvalue weighted by Crippen LogP contribution is -1.80. The van der Waals surface area contributed by atoms with Crippen LogP contribution in [0.5, 0.6) is 0 Å². The van der Waals surface area contributed by atoms with Crippen LogP contribution in [-0.4, -0.2) is 14.2 Å². The summed E-state index contributed by atoms with van der Waals surface area (Å²) >= 11 is 0. The summed E-state index contributed by atoms with van der Waals surface area (Å²) in [5.41, 5.74) is 2.20. The van der Waals surface area contributed by atoms with Gasteiger partial charge in [0, 0.05) is 0 Å². The monoisotopic (exact) mass is 190 g/mol. The second kappa shape index (κ2) is 5.86. The highest BCUT2D eigenvalue weighted by atomic mass is 16.5. The Labute approximate surface area is 84.5 Å². The van der Waals surface area contributed by atoms with Crippen LogP contribution in [0, 0.1) is 0 Å². The highest BCUT2D eigenvalue weighted by Gasteiger charge is 1.93. The number of benzene rings is 1. The van der Waals surface area contributed by atoms with Gasteiger partial charge in [-0.1, -0.05) is 24.3 Å². The second-order valence-corrected chi connectivity index (χ2v) is 2.71. The maximum Gasteiger partial charge on any atom is 0.0830 e. The molecule has 0 N–H and O–H groups in total. The average molecular weight is 190 g/mol. The Morgan fingerprint density at radius 3 is 1.64 bits per heavy atom. The Balaban J connectivity index is 2.91. The molecule has 14 heavy (non-hydrogen) atoms. The van der Waals surface area contributed by atoms with E-state index in [-0.39, 0.29) is 0 Å². The van der Waals surface area contributed by atoms with Gasteiger partial charge in [-0.25, -0.2) is 0 Å². The van der Waals surface area contributed by atoms with Crippen LogP contribution < -0.4 is 0 Å². The first-order valence-corrected chi connectivity index (χ1v) is 4.36. The number of ether oxygens (including phenoxy) is 2. The smallest absolute Gasteiger partial charge is 0.0830 e. The van der Waals surface area contributed by atoms with Crippen molar-refractivity contribution < 1.29 is 9.47 Å². The predicted octanol–water partition coefficient (Wildman–Crippen LogP) is 2.92. The lowest BCUT2D eigenvalue weighted by molar-refractivity contribution is 0.341. The van der Waals surface area contributed by atoms with E-state index >= 15 is 0 Å². The Hall–Kier alpha value is -1.70. The van der Waals surface area contributed by atoms with Crippen molar-refractivity contribution >= 4 is 12.2 Å². The summed E-state index contributed by atoms with van der Waals surface area (Å²) in [4.78, 5) is 0. The lowest BCUT2D eigenvalue weighted by atomic mass is 10.1. The summed E-state index contributed by atoms with van der Waals surface area (Å²) in [6.45, 7) is 0. The molecule has 0 amide bonds. The Morgan fingerprint density at radius 2 is 1.29 bits per heavy atom. The van der Waals surface area contributed by atoms with Crippen LogP contribution in [0.2, 0.25) is 0 Å². The van der Waals surface area contributed by atoms with Crippen molar-refractivity contribution in [2.75, 3.05) is 14.2 Å². The molecule has 0 unspecified atom stereocenters. The second-order valence-electron chi connectivity index (χ2n) is 2.71. The molecule has 0 aliphatic carbocycles. The van der Waals surface area contributed by atoms with E-state index in [1.807, 2.05) is 36.4 Å². The van der Waals surface area contributed by atoms with E-state index < -0.39 is 0 Å². The Morgan fingerprint density at radius 1 is 0.857 bits per heavy atom. The first-order chi connectivity index (χ1) is 6.88. The van der Waals surface area contributed by atoms with E-state index in [9.17, 15) is 0 Å². The lowest BCUT2D eigenvalue weighted by Gasteiger charge is -1.99. The minimum absolute atomic E-state index is 1.10. The van der Waals surface area contributed by atoms with Crippen molar-refractivity contribution in [1.82, 2.24) is 0 Å². The zero-order valence-electron chi connectivity index (χ0n) is 8.44. The van der Waals surface area contributed by atoms with Gasteiger partial charge in [-0.2, -0.15) is 0 Å². The molecule has 0 aromatic heterocycles. The van der Waals surface area contributed by atoms with Crippen molar-refractivity contribution in [2.45, 2.75) is 0 Å². The van der Waals surface area contributed by atoms with Crippen LogP contribution in [0.3, 0.4) is 0 Å². The quantitative estimate of drug-likeness (QED) is 0.679. The van der Waals surface area contributed by atoms with Crippen LogP contribution in [0.4, 0.5) is 0 Å². The molecule has 0 atom stereocenters. The highest BCUT2D eigenvalue weighted by Crippen LogP contribution is 2.12. The summed E-state index contributed by atoms with van der Waals surface area (Å²) in [5.74, 6) is 0. The van der Waals surface area contributed by atoms with Gasteiger partial charge in [-0.3, -0.25) is 0 Å². The molecule has 0 spiro atoms. The van der Waals surface area contributed by atoms with Gasteiger partial charge in [0.2, 0.25) is 0 Å². The minimum Gasteiger partial charge on any atom is -0.504 e. The van der Waals surface area contributed by atoms with Gasteiger partial charge in [0.05, 0.1) is 26.7 Å². The fourth-order valence-electron chi connectivity index (χ4n) is 1.10. The predicted molar refractivity (Wildman–Crippen MR) is 58.5 cm³/mol. The highest BCUT2D eigenvalue weighted by molar-refractivity contribution is 5.64. The topological polar surface area (TPSA) is 18.5 Å². The molecule has 0 heterocycles. The molecule has 1 rings (SSSR count). The number of hydrogen-bond donors (Lipinski definition) is 0. The molecule has 1 aromatic carbocycles. The summed E-state index contributed by atoms with van der Waals surface area (Å²) < 4.78 is 9.74. The Bertz CT molecular complexity index is 294. The molecular formula is C12H14O2. The van der Waals surface area contributed by atoms with Gasteiger partial charge in [0.25, 0.3) is 0 Å².